The molecule has 0 atom stereocenters. The highest BCUT2D eigenvalue weighted by Gasteiger charge is 2.34. The van der Waals surface area contributed by atoms with Gasteiger partial charge < -0.3 is 4.74 Å². The average molecular weight is 421 g/mol. The molecule has 3 aromatic carbocycles. The van der Waals surface area contributed by atoms with Crippen LogP contribution in [0.25, 0.3) is 6.08 Å². The molecule has 0 radical (unpaired) electrons. The molecule has 1 amide bonds. The Bertz CT molecular complexity index is 1080. The van der Waals surface area contributed by atoms with Crippen LogP contribution in [0.3, 0.4) is 0 Å². The monoisotopic (exact) mass is 420 g/mol. The van der Waals surface area contributed by atoms with E-state index in [1.807, 2.05) is 72.8 Å². The number of amides is 1. The summed E-state index contributed by atoms with van der Waals surface area (Å²) in [5, 5.41) is 1.26. The molecule has 0 spiro atoms. The van der Waals surface area contributed by atoms with Gasteiger partial charge in [-0.15, -0.1) is 0 Å². The van der Waals surface area contributed by atoms with E-state index < -0.39 is 0 Å². The molecule has 3 aromatic rings. The quantitative estimate of drug-likeness (QED) is 0.475. The third kappa shape index (κ3) is 4.36. The summed E-state index contributed by atoms with van der Waals surface area (Å²) in [4.78, 5) is 20.2. The van der Waals surface area contributed by atoms with Crippen LogP contribution < -0.4 is 9.64 Å². The fraction of sp³-hybridized carbons (Fsp3) is 0.0435. The number of aliphatic imine (C=N–C) groups is 1. The Morgan fingerprint density at radius 2 is 1.66 bits per heavy atom. The van der Waals surface area contributed by atoms with E-state index in [1.165, 1.54) is 11.8 Å². The van der Waals surface area contributed by atoms with Crippen LogP contribution in [-0.4, -0.2) is 18.2 Å². The molecule has 1 fully saturated rings. The summed E-state index contributed by atoms with van der Waals surface area (Å²) in [6.45, 7) is 0. The number of ether oxygens (including phenoxy) is 1. The van der Waals surface area contributed by atoms with Gasteiger partial charge in [0.15, 0.2) is 5.17 Å². The molecule has 0 aliphatic carbocycles. The third-order valence-corrected chi connectivity index (χ3v) is 5.51. The van der Waals surface area contributed by atoms with E-state index in [0.717, 1.165) is 22.7 Å². The second-order valence-electron chi connectivity index (χ2n) is 6.23. The van der Waals surface area contributed by atoms with Crippen molar-refractivity contribution >= 4 is 51.9 Å². The number of carbonyl (C=O) groups excluding carboxylic acids is 1. The van der Waals surface area contributed by atoms with Crippen LogP contribution in [0.5, 0.6) is 5.75 Å². The minimum absolute atomic E-state index is 0.121. The SMILES string of the molecule is COc1ccc(N2C(=O)/C(=C/c3ccc(Cl)cc3)S/C2=N\c2ccccc2)cc1. The number of nitrogens with zero attached hydrogens (tertiary/aromatic N) is 2. The van der Waals surface area contributed by atoms with Gasteiger partial charge in [0.25, 0.3) is 5.91 Å². The lowest BCUT2D eigenvalue weighted by Gasteiger charge is -2.16. The normalized spacial score (nSPS) is 16.6. The van der Waals surface area contributed by atoms with Crippen molar-refractivity contribution in [3.63, 3.8) is 0 Å². The van der Waals surface area contributed by atoms with E-state index in [0.29, 0.717) is 15.1 Å². The first-order valence-electron chi connectivity index (χ1n) is 8.91. The van der Waals surface area contributed by atoms with Gasteiger partial charge in [-0.2, -0.15) is 0 Å². The minimum atomic E-state index is -0.121. The lowest BCUT2D eigenvalue weighted by molar-refractivity contribution is -0.113. The van der Waals surface area contributed by atoms with Gasteiger partial charge >= 0.3 is 0 Å². The fourth-order valence-electron chi connectivity index (χ4n) is 2.83. The maximum atomic E-state index is 13.2. The lowest BCUT2D eigenvalue weighted by Crippen LogP contribution is -2.28. The molecule has 4 nitrogen and oxygen atoms in total. The molecule has 0 unspecified atom stereocenters. The summed E-state index contributed by atoms with van der Waals surface area (Å²) >= 11 is 7.32. The molecule has 1 aliphatic rings. The number of methoxy groups -OCH3 is 1. The number of amidine groups is 1. The molecular formula is C23H17ClN2O2S. The topological polar surface area (TPSA) is 41.9 Å². The number of halogens is 1. The van der Waals surface area contributed by atoms with Crippen molar-refractivity contribution in [2.45, 2.75) is 0 Å². The van der Waals surface area contributed by atoms with E-state index in [1.54, 1.807) is 24.1 Å². The Morgan fingerprint density at radius 3 is 2.31 bits per heavy atom. The van der Waals surface area contributed by atoms with Gasteiger partial charge in [0.2, 0.25) is 0 Å². The van der Waals surface area contributed by atoms with Crippen molar-refractivity contribution in [1.82, 2.24) is 0 Å². The molecule has 0 aromatic heterocycles. The van der Waals surface area contributed by atoms with Crippen LogP contribution in [0.1, 0.15) is 5.56 Å². The van der Waals surface area contributed by atoms with Gasteiger partial charge in [-0.05, 0) is 71.9 Å². The number of hydrogen-bond acceptors (Lipinski definition) is 4. The summed E-state index contributed by atoms with van der Waals surface area (Å²) in [6.07, 6.45) is 1.85. The second-order valence-corrected chi connectivity index (χ2v) is 7.68. The van der Waals surface area contributed by atoms with Crippen molar-refractivity contribution < 1.29 is 9.53 Å². The molecule has 4 rings (SSSR count). The van der Waals surface area contributed by atoms with Crippen LogP contribution >= 0.6 is 23.4 Å². The van der Waals surface area contributed by atoms with Gasteiger partial charge in [0.05, 0.1) is 23.4 Å². The maximum absolute atomic E-state index is 13.2. The van der Waals surface area contributed by atoms with Crippen LogP contribution in [-0.2, 0) is 4.79 Å². The van der Waals surface area contributed by atoms with Crippen molar-refractivity contribution in [2.75, 3.05) is 12.0 Å². The predicted molar refractivity (Wildman–Crippen MR) is 121 cm³/mol. The number of hydrogen-bond donors (Lipinski definition) is 0. The van der Waals surface area contributed by atoms with E-state index in [-0.39, 0.29) is 5.91 Å². The number of rotatable bonds is 4. The van der Waals surface area contributed by atoms with E-state index in [4.69, 9.17) is 21.3 Å². The van der Waals surface area contributed by atoms with Gasteiger partial charge in [-0.25, -0.2) is 4.99 Å². The van der Waals surface area contributed by atoms with Crippen LogP contribution in [0.4, 0.5) is 11.4 Å². The standard InChI is InChI=1S/C23H17ClN2O2S/c1-28-20-13-11-19(12-14-20)26-22(27)21(15-16-7-9-17(24)10-8-16)29-23(26)25-18-5-3-2-4-6-18/h2-15H,1H3/b21-15-,25-23-. The molecule has 1 saturated heterocycles. The lowest BCUT2D eigenvalue weighted by atomic mass is 10.2. The largest absolute Gasteiger partial charge is 0.497 e. The number of benzene rings is 3. The van der Waals surface area contributed by atoms with Gasteiger partial charge in [-0.3, -0.25) is 9.69 Å². The molecule has 29 heavy (non-hydrogen) atoms. The van der Waals surface area contributed by atoms with Crippen LogP contribution in [0.15, 0.2) is 88.8 Å². The molecule has 1 aliphatic heterocycles. The zero-order valence-corrected chi connectivity index (χ0v) is 17.2. The fourth-order valence-corrected chi connectivity index (χ4v) is 3.96. The first kappa shape index (κ1) is 19.3. The van der Waals surface area contributed by atoms with Crippen LogP contribution in [0, 0.1) is 0 Å². The van der Waals surface area contributed by atoms with E-state index in [9.17, 15) is 4.79 Å². The molecule has 0 bridgehead atoms. The maximum Gasteiger partial charge on any atom is 0.271 e. The van der Waals surface area contributed by atoms with Crippen LogP contribution in [0.2, 0.25) is 5.02 Å². The summed E-state index contributed by atoms with van der Waals surface area (Å²) in [6, 6.07) is 24.3. The summed E-state index contributed by atoms with van der Waals surface area (Å²) < 4.78 is 5.23. The summed E-state index contributed by atoms with van der Waals surface area (Å²) in [7, 11) is 1.61. The molecule has 6 heteroatoms. The number of carbonyl (C=O) groups is 1. The molecule has 1 heterocycles. The van der Waals surface area contributed by atoms with Crippen molar-refractivity contribution in [3.05, 3.63) is 94.4 Å². The zero-order chi connectivity index (χ0) is 20.2. The van der Waals surface area contributed by atoms with Gasteiger partial charge in [-0.1, -0.05) is 41.9 Å². The van der Waals surface area contributed by atoms with Gasteiger partial charge in [0.1, 0.15) is 5.75 Å². The molecule has 0 saturated carbocycles. The Kier molecular flexibility index (Phi) is 5.69. The zero-order valence-electron chi connectivity index (χ0n) is 15.6. The minimum Gasteiger partial charge on any atom is -0.497 e. The summed E-state index contributed by atoms with van der Waals surface area (Å²) in [5.41, 5.74) is 2.42. The highest BCUT2D eigenvalue weighted by molar-refractivity contribution is 8.19. The van der Waals surface area contributed by atoms with E-state index in [2.05, 4.69) is 0 Å². The van der Waals surface area contributed by atoms with Gasteiger partial charge in [0, 0.05) is 5.02 Å². The number of thioether (sulfide) groups is 1. The summed E-state index contributed by atoms with van der Waals surface area (Å²) in [5.74, 6) is 0.608. The average Bonchev–Trinajstić information content (AvgIpc) is 3.05. The second kappa shape index (κ2) is 8.55. The number of para-hydroxylation sites is 1. The molecular weight excluding hydrogens is 404 g/mol. The highest BCUT2D eigenvalue weighted by atomic mass is 35.5. The highest BCUT2D eigenvalue weighted by Crippen LogP contribution is 2.37. The number of anilines is 1. The Morgan fingerprint density at radius 1 is 0.966 bits per heavy atom. The predicted octanol–water partition coefficient (Wildman–Crippen LogP) is 6.16. The smallest absolute Gasteiger partial charge is 0.271 e. The first-order valence-corrected chi connectivity index (χ1v) is 10.1. The van der Waals surface area contributed by atoms with Crippen molar-refractivity contribution in [2.24, 2.45) is 4.99 Å². The van der Waals surface area contributed by atoms with Crippen molar-refractivity contribution in [3.8, 4) is 5.75 Å². The Balaban J connectivity index is 1.75. The molecule has 0 N–H and O–H groups in total. The Hall–Kier alpha value is -3.02. The molecule has 144 valence electrons. The third-order valence-electron chi connectivity index (χ3n) is 4.29. The first-order chi connectivity index (χ1) is 14.1. The Labute approximate surface area is 178 Å². The van der Waals surface area contributed by atoms with Crippen molar-refractivity contribution in [1.29, 1.82) is 0 Å². The van der Waals surface area contributed by atoms with E-state index >= 15 is 0 Å².